The maximum absolute atomic E-state index is 12.0. The molecule has 1 aliphatic carbocycles. The Morgan fingerprint density at radius 3 is 2.63 bits per heavy atom. The summed E-state index contributed by atoms with van der Waals surface area (Å²) in [5, 5.41) is 3.44. The average molecular weight is 282 g/mol. The summed E-state index contributed by atoms with van der Waals surface area (Å²) in [6.07, 6.45) is 2.52. The van der Waals surface area contributed by atoms with Crippen molar-refractivity contribution in [2.24, 2.45) is 0 Å². The highest BCUT2D eigenvalue weighted by Gasteiger charge is 2.20. The van der Waals surface area contributed by atoms with Gasteiger partial charge in [0.25, 0.3) is 0 Å². The molecule has 4 nitrogen and oxygen atoms in total. The van der Waals surface area contributed by atoms with Gasteiger partial charge in [-0.2, -0.15) is 0 Å². The van der Waals surface area contributed by atoms with Gasteiger partial charge in [-0.25, -0.2) is 12.7 Å². The van der Waals surface area contributed by atoms with Gasteiger partial charge in [0, 0.05) is 26.2 Å². The third kappa shape index (κ3) is 4.30. The molecule has 0 spiro atoms. The molecule has 0 atom stereocenters. The van der Waals surface area contributed by atoms with E-state index >= 15 is 0 Å². The Hall–Kier alpha value is -0.910. The van der Waals surface area contributed by atoms with Crippen molar-refractivity contribution in [3.05, 3.63) is 35.4 Å². The van der Waals surface area contributed by atoms with E-state index in [2.05, 4.69) is 5.32 Å². The summed E-state index contributed by atoms with van der Waals surface area (Å²) >= 11 is 0. The molecule has 0 amide bonds. The monoisotopic (exact) mass is 282 g/mol. The first-order valence-corrected chi connectivity index (χ1v) is 8.37. The second-order valence-corrected chi connectivity index (χ2v) is 7.22. The van der Waals surface area contributed by atoms with Gasteiger partial charge in [0.1, 0.15) is 0 Å². The van der Waals surface area contributed by atoms with Crippen LogP contribution in [0.15, 0.2) is 24.3 Å². The lowest BCUT2D eigenvalue weighted by Crippen LogP contribution is -2.27. The first kappa shape index (κ1) is 14.5. The number of rotatable bonds is 7. The van der Waals surface area contributed by atoms with E-state index in [9.17, 15) is 8.42 Å². The van der Waals surface area contributed by atoms with Crippen LogP contribution in [-0.4, -0.2) is 32.4 Å². The zero-order chi connectivity index (χ0) is 13.9. The predicted octanol–water partition coefficient (Wildman–Crippen LogP) is 1.72. The van der Waals surface area contributed by atoms with Crippen LogP contribution in [0.2, 0.25) is 0 Å². The zero-order valence-corrected chi connectivity index (χ0v) is 12.4. The molecule has 2 rings (SSSR count). The quantitative estimate of drug-likeness (QED) is 0.828. The van der Waals surface area contributed by atoms with Gasteiger partial charge < -0.3 is 5.32 Å². The normalized spacial score (nSPS) is 15.9. The molecule has 1 fully saturated rings. The van der Waals surface area contributed by atoms with Crippen LogP contribution in [0.3, 0.4) is 0 Å². The summed E-state index contributed by atoms with van der Waals surface area (Å²) in [5.74, 6) is 0.0780. The third-order valence-corrected chi connectivity index (χ3v) is 5.34. The highest BCUT2D eigenvalue weighted by atomic mass is 32.2. The van der Waals surface area contributed by atoms with Crippen LogP contribution in [0.5, 0.6) is 0 Å². The van der Waals surface area contributed by atoms with Crippen LogP contribution in [-0.2, 0) is 22.3 Å². The van der Waals surface area contributed by atoms with Crippen LogP contribution in [0, 0.1) is 0 Å². The first-order valence-electron chi connectivity index (χ1n) is 6.76. The molecule has 0 heterocycles. The Morgan fingerprint density at radius 2 is 2.00 bits per heavy atom. The Bertz CT molecular complexity index is 524. The van der Waals surface area contributed by atoms with E-state index in [-0.39, 0.29) is 5.75 Å². The van der Waals surface area contributed by atoms with Crippen LogP contribution in [0.1, 0.15) is 30.9 Å². The molecule has 1 saturated carbocycles. The van der Waals surface area contributed by atoms with Crippen LogP contribution < -0.4 is 5.32 Å². The van der Waals surface area contributed by atoms with Gasteiger partial charge in [0.15, 0.2) is 0 Å². The molecule has 5 heteroatoms. The Labute approximate surface area is 115 Å². The average Bonchev–Trinajstić information content (AvgIpc) is 3.19. The maximum Gasteiger partial charge on any atom is 0.218 e. The van der Waals surface area contributed by atoms with Gasteiger partial charge in [-0.15, -0.1) is 0 Å². The van der Waals surface area contributed by atoms with Gasteiger partial charge in [-0.3, -0.25) is 0 Å². The summed E-state index contributed by atoms with van der Waals surface area (Å²) in [6, 6.07) is 8.49. The van der Waals surface area contributed by atoms with Crippen molar-refractivity contribution in [3.8, 4) is 0 Å². The second kappa shape index (κ2) is 6.03. The van der Waals surface area contributed by atoms with Crippen LogP contribution >= 0.6 is 0 Å². The van der Waals surface area contributed by atoms with E-state index in [0.717, 1.165) is 17.7 Å². The fraction of sp³-hybridized carbons (Fsp3) is 0.571. The number of benzene rings is 1. The molecule has 0 aliphatic heterocycles. The van der Waals surface area contributed by atoms with E-state index in [1.165, 1.54) is 17.1 Å². The molecule has 0 saturated heterocycles. The summed E-state index contributed by atoms with van der Waals surface area (Å²) in [5.41, 5.74) is 2.01. The molecule has 1 aromatic rings. The molecule has 19 heavy (non-hydrogen) atoms. The lowest BCUT2D eigenvalue weighted by molar-refractivity contribution is 0.485. The maximum atomic E-state index is 12.0. The molecule has 1 aliphatic rings. The van der Waals surface area contributed by atoms with Crippen molar-refractivity contribution in [2.45, 2.75) is 38.1 Å². The summed E-state index contributed by atoms with van der Waals surface area (Å²) in [6.45, 7) is 3.17. The molecule has 1 N–H and O–H groups in total. The Morgan fingerprint density at radius 1 is 1.32 bits per heavy atom. The van der Waals surface area contributed by atoms with E-state index in [0.29, 0.717) is 12.6 Å². The number of nitrogens with zero attached hydrogens (tertiary/aromatic N) is 1. The smallest absolute Gasteiger partial charge is 0.218 e. The first-order chi connectivity index (χ1) is 9.01. The molecule has 106 valence electrons. The highest BCUT2D eigenvalue weighted by Crippen LogP contribution is 2.19. The van der Waals surface area contributed by atoms with Gasteiger partial charge in [-0.1, -0.05) is 31.2 Å². The molecule has 0 aromatic heterocycles. The van der Waals surface area contributed by atoms with Gasteiger partial charge in [-0.05, 0) is 24.0 Å². The lowest BCUT2D eigenvalue weighted by atomic mass is 10.1. The molecular formula is C14H22N2O2S. The van der Waals surface area contributed by atoms with Crippen LogP contribution in [0.25, 0.3) is 0 Å². The molecule has 0 radical (unpaired) electrons. The predicted molar refractivity (Wildman–Crippen MR) is 77.2 cm³/mol. The second-order valence-electron chi connectivity index (χ2n) is 5.15. The number of hydrogen-bond donors (Lipinski definition) is 1. The van der Waals surface area contributed by atoms with Crippen molar-refractivity contribution < 1.29 is 8.42 Å². The highest BCUT2D eigenvalue weighted by molar-refractivity contribution is 7.88. The summed E-state index contributed by atoms with van der Waals surface area (Å²) in [7, 11) is -1.57. The van der Waals surface area contributed by atoms with Crippen molar-refractivity contribution >= 4 is 10.0 Å². The standard InChI is InChI=1S/C14H22N2O2S/c1-3-16(2)19(17,18)11-13-6-4-5-12(9-13)10-15-14-7-8-14/h4-6,9,14-15H,3,7-8,10-11H2,1-2H3. The van der Waals surface area contributed by atoms with Crippen molar-refractivity contribution in [1.82, 2.24) is 9.62 Å². The summed E-state index contributed by atoms with van der Waals surface area (Å²) < 4.78 is 25.4. The number of sulfonamides is 1. The van der Waals surface area contributed by atoms with E-state index in [1.54, 1.807) is 7.05 Å². The minimum Gasteiger partial charge on any atom is -0.310 e. The van der Waals surface area contributed by atoms with E-state index < -0.39 is 10.0 Å². The third-order valence-electron chi connectivity index (χ3n) is 3.43. The SMILES string of the molecule is CCN(C)S(=O)(=O)Cc1cccc(CNC2CC2)c1. The zero-order valence-electron chi connectivity index (χ0n) is 11.6. The van der Waals surface area contributed by atoms with Gasteiger partial charge in [0.05, 0.1) is 5.75 Å². The molecule has 0 unspecified atom stereocenters. The Balaban J connectivity index is 2.01. The topological polar surface area (TPSA) is 49.4 Å². The number of nitrogens with one attached hydrogen (secondary N) is 1. The van der Waals surface area contributed by atoms with Crippen molar-refractivity contribution in [1.29, 1.82) is 0 Å². The van der Waals surface area contributed by atoms with Gasteiger partial charge >= 0.3 is 0 Å². The van der Waals surface area contributed by atoms with E-state index in [1.807, 2.05) is 31.2 Å². The fourth-order valence-corrected chi connectivity index (χ4v) is 3.11. The summed E-state index contributed by atoms with van der Waals surface area (Å²) in [4.78, 5) is 0. The molecular weight excluding hydrogens is 260 g/mol. The number of hydrogen-bond acceptors (Lipinski definition) is 3. The van der Waals surface area contributed by atoms with E-state index in [4.69, 9.17) is 0 Å². The minimum absolute atomic E-state index is 0.0780. The largest absolute Gasteiger partial charge is 0.310 e. The molecule has 0 bridgehead atoms. The fourth-order valence-electron chi connectivity index (χ4n) is 1.90. The van der Waals surface area contributed by atoms with Crippen molar-refractivity contribution in [3.63, 3.8) is 0 Å². The van der Waals surface area contributed by atoms with Gasteiger partial charge in [0.2, 0.25) is 10.0 Å². The Kier molecular flexibility index (Phi) is 4.60. The van der Waals surface area contributed by atoms with Crippen molar-refractivity contribution in [2.75, 3.05) is 13.6 Å². The molecule has 1 aromatic carbocycles. The lowest BCUT2D eigenvalue weighted by Gasteiger charge is -2.15. The van der Waals surface area contributed by atoms with Crippen LogP contribution in [0.4, 0.5) is 0 Å². The minimum atomic E-state index is -3.19.